The van der Waals surface area contributed by atoms with E-state index in [1.165, 1.54) is 11.1 Å². The zero-order chi connectivity index (χ0) is 20.5. The Morgan fingerprint density at radius 1 is 1.03 bits per heavy atom. The minimum atomic E-state index is 0.0243. The van der Waals surface area contributed by atoms with Crippen molar-refractivity contribution in [2.45, 2.75) is 44.7 Å². The van der Waals surface area contributed by atoms with E-state index >= 15 is 0 Å². The second-order valence-electron chi connectivity index (χ2n) is 8.26. The number of hydrogen-bond acceptors (Lipinski definition) is 4. The van der Waals surface area contributed by atoms with Crippen molar-refractivity contribution >= 4 is 17.4 Å². The topological polar surface area (TPSA) is 46.1 Å². The molecule has 3 aromatic rings. The third-order valence-electron chi connectivity index (χ3n) is 6.17. The average Bonchev–Trinajstić information content (AvgIpc) is 3.22. The molecule has 1 fully saturated rings. The van der Waals surface area contributed by atoms with E-state index in [0.717, 1.165) is 60.0 Å². The van der Waals surface area contributed by atoms with Gasteiger partial charge in [0.25, 0.3) is 0 Å². The van der Waals surface area contributed by atoms with Gasteiger partial charge in [0.2, 0.25) is 0 Å². The van der Waals surface area contributed by atoms with Gasteiger partial charge in [0.15, 0.2) is 0 Å². The fraction of sp³-hybridized carbons (Fsp3) is 0.320. The highest BCUT2D eigenvalue weighted by molar-refractivity contribution is 6.31. The lowest BCUT2D eigenvalue weighted by molar-refractivity contribution is -0.123. The Hall–Kier alpha value is -2.56. The molecular weight excluding hydrogens is 394 g/mol. The summed E-state index contributed by atoms with van der Waals surface area (Å²) in [5, 5.41) is 0.727. The molecule has 1 saturated heterocycles. The van der Waals surface area contributed by atoms with Crippen molar-refractivity contribution in [2.24, 2.45) is 0 Å². The Kier molecular flexibility index (Phi) is 5.36. The van der Waals surface area contributed by atoms with Crippen LogP contribution in [-0.4, -0.2) is 33.2 Å². The number of carbonyl (C=O) groups excluding carboxylic acids is 1. The number of benzene rings is 2. The monoisotopic (exact) mass is 417 g/mol. The quantitative estimate of drug-likeness (QED) is 0.523. The molecule has 0 spiro atoms. The summed E-state index contributed by atoms with van der Waals surface area (Å²) in [5.41, 5.74) is 5.33. The maximum Gasteiger partial charge on any atom is 0.150 e. The van der Waals surface area contributed by atoms with E-state index in [4.69, 9.17) is 16.6 Å². The molecule has 0 saturated carbocycles. The first-order valence-corrected chi connectivity index (χ1v) is 11.0. The summed E-state index contributed by atoms with van der Waals surface area (Å²) in [6, 6.07) is 16.5. The molecule has 5 rings (SSSR count). The van der Waals surface area contributed by atoms with E-state index in [1.54, 1.807) is 0 Å². The van der Waals surface area contributed by atoms with Crippen LogP contribution in [0.15, 0.2) is 54.7 Å². The van der Waals surface area contributed by atoms with Crippen LogP contribution in [0, 0.1) is 0 Å². The number of hydrogen-bond donors (Lipinski definition) is 0. The molecule has 0 amide bonds. The molecular formula is C25H24ClN3O. The molecule has 0 N–H and O–H groups in total. The van der Waals surface area contributed by atoms with Gasteiger partial charge in [0.1, 0.15) is 11.6 Å². The molecule has 2 aromatic carbocycles. The maximum absolute atomic E-state index is 13.0. The summed E-state index contributed by atoms with van der Waals surface area (Å²) in [7, 11) is 0. The highest BCUT2D eigenvalue weighted by atomic mass is 35.5. The Morgan fingerprint density at radius 3 is 2.90 bits per heavy atom. The number of Topliss-reactive ketones (excluding diaryl/α,β-unsaturated/α-hetero) is 1. The molecule has 152 valence electrons. The van der Waals surface area contributed by atoms with Gasteiger partial charge in [-0.25, -0.2) is 9.97 Å². The van der Waals surface area contributed by atoms with Crippen molar-refractivity contribution in [1.82, 2.24) is 14.9 Å². The van der Waals surface area contributed by atoms with Crippen LogP contribution in [-0.2, 0) is 24.2 Å². The van der Waals surface area contributed by atoms with E-state index in [9.17, 15) is 4.79 Å². The SMILES string of the molecule is O=C1CCc2cccc(c2)-c2ccnc(n2)Cc2cc(ccc2Cl)CN2CCC[C@H]12. The molecule has 6 bridgehead atoms. The molecule has 4 nitrogen and oxygen atoms in total. The van der Waals surface area contributed by atoms with Crippen LogP contribution >= 0.6 is 11.6 Å². The van der Waals surface area contributed by atoms with E-state index in [2.05, 4.69) is 40.2 Å². The lowest BCUT2D eigenvalue weighted by Crippen LogP contribution is -2.35. The first kappa shape index (κ1) is 19.4. The standard InChI is InChI=1S/C25H24ClN3O/c26-21-8-6-18-14-20(21)15-25-27-11-10-22(28-25)19-4-1-3-17(13-19)7-9-24(30)23-5-2-12-29(23)16-18/h1,3-4,6,8,10-11,13-14,23H,2,5,7,9,12,15-16H2/t23-/m1/s1. The highest BCUT2D eigenvalue weighted by Gasteiger charge is 2.30. The predicted molar refractivity (Wildman–Crippen MR) is 118 cm³/mol. The van der Waals surface area contributed by atoms with Crippen molar-refractivity contribution in [1.29, 1.82) is 0 Å². The number of aryl methyl sites for hydroxylation is 1. The van der Waals surface area contributed by atoms with Crippen LogP contribution in [0.4, 0.5) is 0 Å². The Labute approximate surface area is 181 Å². The zero-order valence-corrected chi connectivity index (χ0v) is 17.6. The first-order chi connectivity index (χ1) is 14.7. The second-order valence-corrected chi connectivity index (χ2v) is 8.66. The summed E-state index contributed by atoms with van der Waals surface area (Å²) in [6.45, 7) is 1.74. The van der Waals surface area contributed by atoms with Crippen LogP contribution in [0.25, 0.3) is 11.3 Å². The van der Waals surface area contributed by atoms with Crippen LogP contribution in [0.1, 0.15) is 41.8 Å². The van der Waals surface area contributed by atoms with Crippen LogP contribution in [0.5, 0.6) is 0 Å². The van der Waals surface area contributed by atoms with Crippen molar-refractivity contribution in [3.63, 3.8) is 0 Å². The molecule has 0 radical (unpaired) electrons. The molecule has 3 heterocycles. The van der Waals surface area contributed by atoms with Gasteiger partial charge in [-0.15, -0.1) is 0 Å². The number of rotatable bonds is 0. The molecule has 30 heavy (non-hydrogen) atoms. The van der Waals surface area contributed by atoms with Crippen LogP contribution in [0.3, 0.4) is 0 Å². The second kappa shape index (κ2) is 8.29. The normalized spacial score (nSPS) is 19.5. The fourth-order valence-electron chi connectivity index (χ4n) is 4.61. The molecule has 1 atom stereocenters. The largest absolute Gasteiger partial charge is 0.298 e. The molecule has 2 aliphatic rings. The Bertz CT molecular complexity index is 1100. The lowest BCUT2D eigenvalue weighted by atomic mass is 9.99. The summed E-state index contributed by atoms with van der Waals surface area (Å²) < 4.78 is 0. The van der Waals surface area contributed by atoms with Gasteiger partial charge in [0.05, 0.1) is 11.7 Å². The highest BCUT2D eigenvalue weighted by Crippen LogP contribution is 2.27. The smallest absolute Gasteiger partial charge is 0.150 e. The third-order valence-corrected chi connectivity index (χ3v) is 6.54. The number of carbonyl (C=O) groups is 1. The van der Waals surface area contributed by atoms with Gasteiger partial charge in [-0.3, -0.25) is 9.69 Å². The van der Waals surface area contributed by atoms with Gasteiger partial charge in [-0.1, -0.05) is 41.9 Å². The van der Waals surface area contributed by atoms with Gasteiger partial charge in [-0.05, 0) is 60.7 Å². The molecule has 5 heteroatoms. The van der Waals surface area contributed by atoms with Crippen molar-refractivity contribution in [3.8, 4) is 11.3 Å². The Morgan fingerprint density at radius 2 is 1.97 bits per heavy atom. The zero-order valence-electron chi connectivity index (χ0n) is 16.9. The van der Waals surface area contributed by atoms with Crippen LogP contribution < -0.4 is 0 Å². The summed E-state index contributed by atoms with van der Waals surface area (Å²) in [4.78, 5) is 24.6. The third kappa shape index (κ3) is 4.03. The molecule has 2 aliphatic heterocycles. The summed E-state index contributed by atoms with van der Waals surface area (Å²) in [5.74, 6) is 1.11. The van der Waals surface area contributed by atoms with Gasteiger partial charge < -0.3 is 0 Å². The van der Waals surface area contributed by atoms with Gasteiger partial charge in [0, 0.05) is 36.2 Å². The molecule has 0 aliphatic carbocycles. The first-order valence-electron chi connectivity index (χ1n) is 10.6. The summed E-state index contributed by atoms with van der Waals surface area (Å²) in [6.07, 6.45) is 5.77. The summed E-state index contributed by atoms with van der Waals surface area (Å²) >= 11 is 6.51. The number of aromatic nitrogens is 2. The van der Waals surface area contributed by atoms with E-state index in [0.29, 0.717) is 18.6 Å². The number of fused-ring (bicyclic) bond motifs is 8. The number of nitrogens with zero attached hydrogens (tertiary/aromatic N) is 3. The average molecular weight is 418 g/mol. The van der Waals surface area contributed by atoms with E-state index in [-0.39, 0.29) is 6.04 Å². The number of halogens is 1. The van der Waals surface area contributed by atoms with Gasteiger partial charge >= 0.3 is 0 Å². The lowest BCUT2D eigenvalue weighted by Gasteiger charge is -2.24. The molecule has 1 aromatic heterocycles. The van der Waals surface area contributed by atoms with E-state index in [1.807, 2.05) is 24.4 Å². The van der Waals surface area contributed by atoms with E-state index < -0.39 is 0 Å². The maximum atomic E-state index is 13.0. The predicted octanol–water partition coefficient (Wildman–Crippen LogP) is 4.87. The number of ketones is 1. The fourth-order valence-corrected chi connectivity index (χ4v) is 4.80. The Balaban J connectivity index is 1.57. The van der Waals surface area contributed by atoms with Gasteiger partial charge in [-0.2, -0.15) is 0 Å². The van der Waals surface area contributed by atoms with Crippen molar-refractivity contribution in [2.75, 3.05) is 6.54 Å². The van der Waals surface area contributed by atoms with Crippen molar-refractivity contribution < 1.29 is 4.79 Å². The minimum absolute atomic E-state index is 0.0243. The molecule has 0 unspecified atom stereocenters. The van der Waals surface area contributed by atoms with Crippen LogP contribution in [0.2, 0.25) is 5.02 Å². The van der Waals surface area contributed by atoms with Crippen molar-refractivity contribution in [3.05, 3.63) is 82.3 Å². The minimum Gasteiger partial charge on any atom is -0.298 e.